The summed E-state index contributed by atoms with van der Waals surface area (Å²) in [6, 6.07) is 31.1. The molecule has 3 aliphatic rings. The summed E-state index contributed by atoms with van der Waals surface area (Å²) in [6.45, 7) is 2.19. The molecule has 1 amide bonds. The maximum absolute atomic E-state index is 15.0. The number of nitrogens with one attached hydrogen (secondary N) is 1. The molecule has 0 radical (unpaired) electrons. The van der Waals surface area contributed by atoms with E-state index in [1.54, 1.807) is 12.1 Å². The Morgan fingerprint density at radius 3 is 2.28 bits per heavy atom. The average molecular weight is 567 g/mol. The van der Waals surface area contributed by atoms with Gasteiger partial charge >= 0.3 is 0 Å². The van der Waals surface area contributed by atoms with Gasteiger partial charge in [0.05, 0.1) is 12.0 Å². The van der Waals surface area contributed by atoms with Crippen LogP contribution in [0.15, 0.2) is 109 Å². The number of fused-ring (bicyclic) bond motifs is 6. The highest BCUT2D eigenvalue weighted by atomic mass is 16.2. The fourth-order valence-corrected chi connectivity index (χ4v) is 7.54. The Balaban J connectivity index is 1.44. The molecule has 214 valence electrons. The molecule has 4 atom stereocenters. The molecule has 1 fully saturated rings. The van der Waals surface area contributed by atoms with Gasteiger partial charge in [-0.05, 0) is 47.2 Å². The van der Waals surface area contributed by atoms with E-state index >= 15 is 0 Å². The lowest BCUT2D eigenvalue weighted by Crippen LogP contribution is -2.49. The van der Waals surface area contributed by atoms with Gasteiger partial charge in [-0.25, -0.2) is 0 Å². The average Bonchev–Trinajstić information content (AvgIpc) is 3.53. The van der Waals surface area contributed by atoms with E-state index in [0.29, 0.717) is 16.8 Å². The summed E-state index contributed by atoms with van der Waals surface area (Å²) in [7, 11) is 0. The number of ketones is 2. The van der Waals surface area contributed by atoms with Crippen molar-refractivity contribution in [1.29, 1.82) is 0 Å². The molecule has 0 saturated carbocycles. The number of carbonyl (C=O) groups is 3. The van der Waals surface area contributed by atoms with E-state index in [2.05, 4.69) is 12.2 Å². The molecule has 3 heterocycles. The van der Waals surface area contributed by atoms with Crippen LogP contribution in [0.2, 0.25) is 0 Å². The topological polar surface area (TPSA) is 66.5 Å². The molecule has 0 aromatic heterocycles. The summed E-state index contributed by atoms with van der Waals surface area (Å²) in [5.74, 6) is -1.57. The van der Waals surface area contributed by atoms with Crippen molar-refractivity contribution in [1.82, 2.24) is 4.90 Å². The standard InChI is InChI=1S/C38H34N2O3/c1-2-3-5-12-25-19-21-28(22-20-25)34(41)32-33(35(42)27-14-6-4-7-15-27)40-24-23-26-13-8-9-16-29(26)36(40)38(32)30-17-10-11-18-31(30)39-37(38)43/h4,6-11,13-24,32-33,36H,2-3,5,12H2,1H3,(H,39,43)/t32-,33+,36+,38-/m0/s1. The summed E-state index contributed by atoms with van der Waals surface area (Å²) < 4.78 is 0. The molecule has 4 aromatic rings. The SMILES string of the molecule is CCCCCc1ccc(C(=O)[C@@H]2[C@H](C(=O)c3ccccc3)N3C=Cc4ccccc4[C@@H]3[C@@]23C(=O)Nc2ccccc23)cc1. The number of para-hydroxylation sites is 1. The second kappa shape index (κ2) is 10.8. The summed E-state index contributed by atoms with van der Waals surface area (Å²) in [5, 5.41) is 3.11. The maximum Gasteiger partial charge on any atom is 0.238 e. The van der Waals surface area contributed by atoms with E-state index < -0.39 is 23.4 Å². The summed E-state index contributed by atoms with van der Waals surface area (Å²) in [5.41, 5.74) is 4.27. The van der Waals surface area contributed by atoms with E-state index in [0.717, 1.165) is 42.4 Å². The molecule has 1 spiro atoms. The van der Waals surface area contributed by atoms with Gasteiger partial charge in [-0.2, -0.15) is 0 Å². The zero-order valence-electron chi connectivity index (χ0n) is 24.2. The van der Waals surface area contributed by atoms with E-state index in [1.807, 2.05) is 108 Å². The Morgan fingerprint density at radius 2 is 1.49 bits per heavy atom. The number of amides is 1. The Labute approximate surface area is 252 Å². The second-order valence-corrected chi connectivity index (χ2v) is 11.8. The smallest absolute Gasteiger partial charge is 0.238 e. The van der Waals surface area contributed by atoms with Crippen LogP contribution >= 0.6 is 0 Å². The van der Waals surface area contributed by atoms with Crippen LogP contribution in [-0.4, -0.2) is 28.4 Å². The van der Waals surface area contributed by atoms with E-state index in [1.165, 1.54) is 5.56 Å². The fourth-order valence-electron chi connectivity index (χ4n) is 7.54. The number of carbonyl (C=O) groups excluding carboxylic acids is 3. The van der Waals surface area contributed by atoms with Crippen LogP contribution in [0.4, 0.5) is 5.69 Å². The predicted molar refractivity (Wildman–Crippen MR) is 169 cm³/mol. The molecule has 1 N–H and O–H groups in total. The molecule has 4 aromatic carbocycles. The predicted octanol–water partition coefficient (Wildman–Crippen LogP) is 7.40. The summed E-state index contributed by atoms with van der Waals surface area (Å²) in [6.07, 6.45) is 8.27. The molecule has 0 unspecified atom stereocenters. The van der Waals surface area contributed by atoms with E-state index in [4.69, 9.17) is 0 Å². The number of aryl methyl sites for hydroxylation is 1. The molecule has 0 aliphatic carbocycles. The van der Waals surface area contributed by atoms with Crippen LogP contribution < -0.4 is 5.32 Å². The van der Waals surface area contributed by atoms with Crippen LogP contribution in [0.5, 0.6) is 0 Å². The molecule has 5 heteroatoms. The number of Topliss-reactive ketones (excluding diaryl/α,β-unsaturated/α-hetero) is 2. The van der Waals surface area contributed by atoms with Crippen molar-refractivity contribution in [3.05, 3.63) is 143 Å². The third-order valence-corrected chi connectivity index (χ3v) is 9.49. The van der Waals surface area contributed by atoms with Gasteiger partial charge in [-0.15, -0.1) is 0 Å². The second-order valence-electron chi connectivity index (χ2n) is 11.8. The molecule has 7 rings (SSSR count). The molecule has 3 aliphatic heterocycles. The lowest BCUT2D eigenvalue weighted by molar-refractivity contribution is -0.122. The van der Waals surface area contributed by atoms with Crippen molar-refractivity contribution in [2.75, 3.05) is 5.32 Å². The molecule has 1 saturated heterocycles. The highest BCUT2D eigenvalue weighted by Crippen LogP contribution is 2.62. The van der Waals surface area contributed by atoms with Crippen molar-refractivity contribution in [3.63, 3.8) is 0 Å². The number of hydrogen-bond acceptors (Lipinski definition) is 4. The Kier molecular flexibility index (Phi) is 6.81. The highest BCUT2D eigenvalue weighted by molar-refractivity contribution is 6.16. The molecule has 5 nitrogen and oxygen atoms in total. The van der Waals surface area contributed by atoms with Gasteiger partial charge in [0.1, 0.15) is 11.5 Å². The van der Waals surface area contributed by atoms with Gasteiger partial charge in [-0.3, -0.25) is 14.4 Å². The molecular formula is C38H34N2O3. The van der Waals surface area contributed by atoms with Gasteiger partial charge in [-0.1, -0.05) is 117 Å². The number of unbranched alkanes of at least 4 members (excludes halogenated alkanes) is 2. The van der Waals surface area contributed by atoms with Crippen molar-refractivity contribution >= 4 is 29.2 Å². The van der Waals surface area contributed by atoms with E-state index in [-0.39, 0.29) is 17.5 Å². The van der Waals surface area contributed by atoms with E-state index in [9.17, 15) is 14.4 Å². The van der Waals surface area contributed by atoms with Crippen molar-refractivity contribution in [2.24, 2.45) is 5.92 Å². The summed E-state index contributed by atoms with van der Waals surface area (Å²) in [4.78, 5) is 46.0. The van der Waals surface area contributed by atoms with Crippen molar-refractivity contribution in [2.45, 2.75) is 50.1 Å². The lowest BCUT2D eigenvalue weighted by Gasteiger charge is -2.38. The van der Waals surface area contributed by atoms with Crippen LogP contribution in [0.1, 0.15) is 75.2 Å². The zero-order chi connectivity index (χ0) is 29.6. The first-order valence-electron chi connectivity index (χ1n) is 15.2. The van der Waals surface area contributed by atoms with Crippen LogP contribution in [-0.2, 0) is 16.6 Å². The quantitative estimate of drug-likeness (QED) is 0.178. The summed E-state index contributed by atoms with van der Waals surface area (Å²) >= 11 is 0. The molecule has 0 bridgehead atoms. The number of rotatable bonds is 8. The lowest BCUT2D eigenvalue weighted by atomic mass is 9.62. The van der Waals surface area contributed by atoms with Gasteiger partial charge in [0.15, 0.2) is 11.6 Å². The molecular weight excluding hydrogens is 532 g/mol. The van der Waals surface area contributed by atoms with Crippen LogP contribution in [0.25, 0.3) is 6.08 Å². The number of hydrogen-bond donors (Lipinski definition) is 1. The number of benzene rings is 4. The van der Waals surface area contributed by atoms with Crippen molar-refractivity contribution < 1.29 is 14.4 Å². The first-order chi connectivity index (χ1) is 21.1. The maximum atomic E-state index is 15.0. The van der Waals surface area contributed by atoms with Gasteiger partial charge in [0.2, 0.25) is 5.91 Å². The van der Waals surface area contributed by atoms with Gasteiger partial charge in [0, 0.05) is 23.0 Å². The normalized spacial score (nSPS) is 23.0. The van der Waals surface area contributed by atoms with Crippen LogP contribution in [0.3, 0.4) is 0 Å². The minimum Gasteiger partial charge on any atom is -0.358 e. The fraction of sp³-hybridized carbons (Fsp3) is 0.237. The number of nitrogens with zero attached hydrogens (tertiary/aromatic N) is 1. The zero-order valence-corrected chi connectivity index (χ0v) is 24.2. The van der Waals surface area contributed by atoms with Gasteiger partial charge in [0.25, 0.3) is 0 Å². The Morgan fingerprint density at radius 1 is 0.791 bits per heavy atom. The highest BCUT2D eigenvalue weighted by Gasteiger charge is 2.70. The molecule has 43 heavy (non-hydrogen) atoms. The van der Waals surface area contributed by atoms with Crippen LogP contribution in [0, 0.1) is 5.92 Å². The monoisotopic (exact) mass is 566 g/mol. The van der Waals surface area contributed by atoms with Gasteiger partial charge < -0.3 is 10.2 Å². The Hall–Kier alpha value is -4.77. The largest absolute Gasteiger partial charge is 0.358 e. The minimum atomic E-state index is -1.32. The Bertz CT molecular complexity index is 1740. The first-order valence-corrected chi connectivity index (χ1v) is 15.2. The minimum absolute atomic E-state index is 0.168. The third kappa shape index (κ3) is 4.17. The third-order valence-electron chi connectivity index (χ3n) is 9.49. The number of anilines is 1. The first kappa shape index (κ1) is 27.1. The van der Waals surface area contributed by atoms with Crippen molar-refractivity contribution in [3.8, 4) is 0 Å².